The summed E-state index contributed by atoms with van der Waals surface area (Å²) in [5.74, 6) is 0. The number of nitrogens with zero attached hydrogens (tertiary/aromatic N) is 1. The van der Waals surface area contributed by atoms with E-state index in [1.54, 1.807) is 0 Å². The number of aryl methyl sites for hydroxylation is 1. The maximum Gasteiger partial charge on any atom is 0.186 e. The van der Waals surface area contributed by atoms with Gasteiger partial charge in [-0.2, -0.15) is 5.26 Å². The van der Waals surface area contributed by atoms with Gasteiger partial charge >= 0.3 is 0 Å². The fourth-order valence-corrected chi connectivity index (χ4v) is 3.30. The second-order valence-corrected chi connectivity index (χ2v) is 10.5. The van der Waals surface area contributed by atoms with Gasteiger partial charge in [0.05, 0.1) is 0 Å². The van der Waals surface area contributed by atoms with Crippen molar-refractivity contribution in [3.05, 3.63) is 53.6 Å². The predicted molar refractivity (Wildman–Crippen MR) is 87.8 cm³/mol. The molecule has 1 aromatic rings. The van der Waals surface area contributed by atoms with Crippen molar-refractivity contribution in [2.24, 2.45) is 0 Å². The van der Waals surface area contributed by atoms with Crippen molar-refractivity contribution in [1.29, 1.82) is 5.26 Å². The molecule has 0 radical (unpaired) electrons. The molecule has 0 bridgehead atoms. The Morgan fingerprint density at radius 2 is 1.95 bits per heavy atom. The van der Waals surface area contributed by atoms with Crippen LogP contribution in [0.4, 0.5) is 0 Å². The van der Waals surface area contributed by atoms with Crippen molar-refractivity contribution in [2.75, 3.05) is 0 Å². The maximum absolute atomic E-state index is 9.27. The van der Waals surface area contributed by atoms with E-state index in [2.05, 4.69) is 50.8 Å². The van der Waals surface area contributed by atoms with E-state index >= 15 is 0 Å². The lowest BCUT2D eigenvalue weighted by atomic mass is 10.1. The Morgan fingerprint density at radius 3 is 2.50 bits per heavy atom. The zero-order valence-corrected chi connectivity index (χ0v) is 14.0. The molecule has 1 rings (SSSR count). The molecule has 0 aliphatic heterocycles. The van der Waals surface area contributed by atoms with Gasteiger partial charge in [-0.1, -0.05) is 48.1 Å². The lowest BCUT2D eigenvalue weighted by molar-refractivity contribution is 0.192. The van der Waals surface area contributed by atoms with Gasteiger partial charge in [0.2, 0.25) is 0 Å². The van der Waals surface area contributed by atoms with Gasteiger partial charge in [0.1, 0.15) is 6.07 Å². The Labute approximate surface area is 123 Å². The summed E-state index contributed by atoms with van der Waals surface area (Å²) in [7, 11) is -1.74. The van der Waals surface area contributed by atoms with Crippen LogP contribution in [0.1, 0.15) is 18.1 Å². The number of rotatable bonds is 5. The fraction of sp³-hybridized carbons (Fsp3) is 0.353. The van der Waals surface area contributed by atoms with Crippen molar-refractivity contribution >= 4 is 14.4 Å². The molecule has 1 aromatic carbocycles. The first-order valence-corrected chi connectivity index (χ1v) is 10.2. The largest absolute Gasteiger partial charge is 0.397 e. The summed E-state index contributed by atoms with van der Waals surface area (Å²) >= 11 is 0. The average Bonchev–Trinajstić information content (AvgIpc) is 2.33. The molecule has 20 heavy (non-hydrogen) atoms. The first-order valence-electron chi connectivity index (χ1n) is 6.78. The van der Waals surface area contributed by atoms with Crippen LogP contribution in [0.5, 0.6) is 0 Å². The fourth-order valence-electron chi connectivity index (χ4n) is 1.91. The van der Waals surface area contributed by atoms with Crippen LogP contribution in [-0.2, 0) is 4.43 Å². The third-order valence-electron chi connectivity index (χ3n) is 2.60. The highest BCUT2D eigenvalue weighted by atomic mass is 28.4. The minimum absolute atomic E-state index is 0.846. The maximum atomic E-state index is 9.27. The summed E-state index contributed by atoms with van der Waals surface area (Å²) in [6.45, 7) is 10.1. The van der Waals surface area contributed by atoms with Gasteiger partial charge in [0.15, 0.2) is 13.9 Å². The van der Waals surface area contributed by atoms with Gasteiger partial charge in [-0.3, -0.25) is 0 Å². The van der Waals surface area contributed by atoms with E-state index < -0.39 is 13.9 Å². The van der Waals surface area contributed by atoms with E-state index in [0.29, 0.717) is 0 Å². The van der Waals surface area contributed by atoms with Gasteiger partial charge in [-0.15, -0.1) is 0 Å². The van der Waals surface area contributed by atoms with E-state index in [1.807, 2.05) is 37.3 Å². The zero-order chi connectivity index (χ0) is 15.2. The topological polar surface area (TPSA) is 33.0 Å². The number of hydrogen-bond donors (Lipinski definition) is 0. The van der Waals surface area contributed by atoms with Gasteiger partial charge < -0.3 is 4.43 Å². The van der Waals surface area contributed by atoms with Gasteiger partial charge in [0, 0.05) is 0 Å². The highest BCUT2D eigenvalue weighted by Gasteiger charge is 2.28. The molecule has 0 N–H and O–H groups in total. The number of nitriles is 1. The van der Waals surface area contributed by atoms with Crippen LogP contribution >= 0.6 is 0 Å². The highest BCUT2D eigenvalue weighted by molar-refractivity contribution is 6.69. The number of benzene rings is 1. The average molecular weight is 285 g/mol. The molecule has 2 nitrogen and oxygen atoms in total. The molecule has 0 aromatic heterocycles. The second-order valence-electron chi connectivity index (χ2n) is 6.07. The Kier molecular flexibility index (Phi) is 5.49. The molecule has 0 fully saturated rings. The lowest BCUT2D eigenvalue weighted by Gasteiger charge is -2.27. The third-order valence-corrected chi connectivity index (χ3v) is 3.63. The molecule has 0 spiro atoms. The molecule has 0 amide bonds. The quantitative estimate of drug-likeness (QED) is 0.580. The normalized spacial score (nSPS) is 15.4. The van der Waals surface area contributed by atoms with E-state index in [-0.39, 0.29) is 0 Å². The monoisotopic (exact) mass is 285 g/mol. The Hall–Kier alpha value is -1.63. The summed E-state index contributed by atoms with van der Waals surface area (Å²) in [6.07, 6.45) is 7.66. The minimum atomic E-state index is -1.74. The van der Waals surface area contributed by atoms with Gasteiger partial charge in [-0.05, 0) is 45.1 Å². The molecule has 1 atom stereocenters. The van der Waals surface area contributed by atoms with E-state index in [0.717, 1.165) is 5.56 Å². The van der Waals surface area contributed by atoms with Gasteiger partial charge in [-0.25, -0.2) is 0 Å². The summed E-state index contributed by atoms with van der Waals surface area (Å²) in [5, 5.41) is 9.27. The van der Waals surface area contributed by atoms with Crippen LogP contribution < -0.4 is 0 Å². The minimum Gasteiger partial charge on any atom is -0.397 e. The van der Waals surface area contributed by atoms with Crippen LogP contribution in [0.3, 0.4) is 0 Å². The van der Waals surface area contributed by atoms with Gasteiger partial charge in [0.25, 0.3) is 0 Å². The van der Waals surface area contributed by atoms with Crippen LogP contribution in [0.2, 0.25) is 19.6 Å². The molecule has 0 unspecified atom stereocenters. The van der Waals surface area contributed by atoms with Crippen molar-refractivity contribution in [1.82, 2.24) is 0 Å². The standard InChI is InChI=1S/C17H23NOSi/c1-15-9-8-11-16(13-15)10-6-7-12-17(2,14-18)19-20(3,4)5/h6-13H,1-5H3/b10-6+,12-7+/t17-/m0/s1. The summed E-state index contributed by atoms with van der Waals surface area (Å²) in [5.41, 5.74) is 1.54. The molecular weight excluding hydrogens is 262 g/mol. The molecular formula is C17H23NOSi. The molecule has 0 saturated heterocycles. The molecule has 0 aliphatic carbocycles. The van der Waals surface area contributed by atoms with E-state index in [1.165, 1.54) is 5.56 Å². The van der Waals surface area contributed by atoms with E-state index in [9.17, 15) is 5.26 Å². The third kappa shape index (κ3) is 6.01. The zero-order valence-electron chi connectivity index (χ0n) is 13.0. The number of allylic oxidation sites excluding steroid dienone is 2. The Morgan fingerprint density at radius 1 is 1.25 bits per heavy atom. The summed E-state index contributed by atoms with van der Waals surface area (Å²) in [6, 6.07) is 10.5. The van der Waals surface area contributed by atoms with Crippen LogP contribution in [0, 0.1) is 18.3 Å². The van der Waals surface area contributed by atoms with E-state index in [4.69, 9.17) is 4.43 Å². The van der Waals surface area contributed by atoms with Crippen LogP contribution in [0.25, 0.3) is 6.08 Å². The summed E-state index contributed by atoms with van der Waals surface area (Å²) < 4.78 is 5.90. The molecule has 0 saturated carbocycles. The van der Waals surface area contributed by atoms with Crippen LogP contribution in [0.15, 0.2) is 42.5 Å². The molecule has 0 heterocycles. The van der Waals surface area contributed by atoms with Crippen LogP contribution in [-0.4, -0.2) is 13.9 Å². The molecule has 106 valence electrons. The Balaban J connectivity index is 2.74. The second kappa shape index (κ2) is 6.69. The van der Waals surface area contributed by atoms with Crippen molar-refractivity contribution < 1.29 is 4.43 Å². The first kappa shape index (κ1) is 16.4. The molecule has 0 aliphatic rings. The number of hydrogen-bond acceptors (Lipinski definition) is 2. The van der Waals surface area contributed by atoms with Crippen molar-refractivity contribution in [3.8, 4) is 6.07 Å². The van der Waals surface area contributed by atoms with Crippen molar-refractivity contribution in [2.45, 2.75) is 39.1 Å². The highest BCUT2D eigenvalue weighted by Crippen LogP contribution is 2.18. The SMILES string of the molecule is Cc1cccc(/C=C/C=C/[C@@](C)(C#N)O[Si](C)(C)C)c1. The molecule has 3 heteroatoms. The lowest BCUT2D eigenvalue weighted by Crippen LogP contribution is -2.38. The smallest absolute Gasteiger partial charge is 0.186 e. The first-order chi connectivity index (χ1) is 9.24. The Bertz CT molecular complexity index is 549. The summed E-state index contributed by atoms with van der Waals surface area (Å²) in [4.78, 5) is 0. The predicted octanol–water partition coefficient (Wildman–Crippen LogP) is 4.70. The van der Waals surface area contributed by atoms with Crippen molar-refractivity contribution in [3.63, 3.8) is 0 Å².